The number of rotatable bonds is 4. The van der Waals surface area contributed by atoms with Gasteiger partial charge in [-0.25, -0.2) is 4.98 Å². The third-order valence-electron chi connectivity index (χ3n) is 3.23. The van der Waals surface area contributed by atoms with Crippen LogP contribution in [0.3, 0.4) is 0 Å². The number of hydrogen-bond donors (Lipinski definition) is 1. The van der Waals surface area contributed by atoms with Gasteiger partial charge in [-0.1, -0.05) is 19.3 Å². The third kappa shape index (κ3) is 3.05. The average molecular weight is 303 g/mol. The van der Waals surface area contributed by atoms with Gasteiger partial charge < -0.3 is 5.32 Å². The highest BCUT2D eigenvalue weighted by atomic mass is 79.9. The molecule has 1 aliphatic rings. The van der Waals surface area contributed by atoms with E-state index in [1.165, 1.54) is 46.6 Å². The van der Waals surface area contributed by atoms with Gasteiger partial charge in [-0.15, -0.1) is 11.3 Å². The van der Waals surface area contributed by atoms with Gasteiger partial charge >= 0.3 is 0 Å². The van der Waals surface area contributed by atoms with E-state index in [1.807, 2.05) is 18.4 Å². The fourth-order valence-corrected chi connectivity index (χ4v) is 4.06. The second kappa shape index (κ2) is 6.12. The molecule has 0 aromatic carbocycles. The van der Waals surface area contributed by atoms with Crippen LogP contribution < -0.4 is 5.32 Å². The number of likely N-dealkylation sites (N-methyl/N-ethyl adjacent to an activating group) is 1. The van der Waals surface area contributed by atoms with Crippen LogP contribution in [-0.2, 0) is 6.42 Å². The van der Waals surface area contributed by atoms with Crippen molar-refractivity contribution in [3.63, 3.8) is 0 Å². The molecule has 4 heteroatoms. The normalized spacial score (nSPS) is 17.9. The maximum Gasteiger partial charge on any atom is 0.0971 e. The molecule has 1 N–H and O–H groups in total. The van der Waals surface area contributed by atoms with Crippen LogP contribution in [0.2, 0.25) is 0 Å². The number of halogens is 1. The van der Waals surface area contributed by atoms with Crippen molar-refractivity contribution in [2.45, 2.75) is 44.4 Å². The molecule has 1 aromatic heterocycles. The first-order chi connectivity index (χ1) is 7.81. The van der Waals surface area contributed by atoms with Gasteiger partial charge in [0.1, 0.15) is 0 Å². The van der Waals surface area contributed by atoms with E-state index in [9.17, 15) is 0 Å². The van der Waals surface area contributed by atoms with Gasteiger partial charge in [-0.05, 0) is 35.8 Å². The molecule has 0 amide bonds. The van der Waals surface area contributed by atoms with Gasteiger partial charge in [0, 0.05) is 18.9 Å². The van der Waals surface area contributed by atoms with E-state index in [2.05, 4.69) is 21.2 Å². The fraction of sp³-hybridized carbons (Fsp3) is 0.750. The SMILES string of the molecule is CNCCc1nc(C2CCCCC2)sc1Br. The van der Waals surface area contributed by atoms with Gasteiger partial charge in [-0.3, -0.25) is 0 Å². The lowest BCUT2D eigenvalue weighted by atomic mass is 9.90. The van der Waals surface area contributed by atoms with Crippen molar-refractivity contribution in [3.05, 3.63) is 14.5 Å². The summed E-state index contributed by atoms with van der Waals surface area (Å²) in [6.45, 7) is 1.01. The highest BCUT2D eigenvalue weighted by molar-refractivity contribution is 9.11. The average Bonchev–Trinajstić information content (AvgIpc) is 2.69. The summed E-state index contributed by atoms with van der Waals surface area (Å²) in [6, 6.07) is 0. The highest BCUT2D eigenvalue weighted by Gasteiger charge is 2.20. The molecule has 0 atom stereocenters. The van der Waals surface area contributed by atoms with Crippen LogP contribution >= 0.6 is 27.3 Å². The summed E-state index contributed by atoms with van der Waals surface area (Å²) in [7, 11) is 1.99. The van der Waals surface area contributed by atoms with Crippen LogP contribution in [0.15, 0.2) is 3.79 Å². The summed E-state index contributed by atoms with van der Waals surface area (Å²) >= 11 is 5.49. The Balaban J connectivity index is 2.03. The Morgan fingerprint density at radius 3 is 2.81 bits per heavy atom. The van der Waals surface area contributed by atoms with Gasteiger partial charge in [0.2, 0.25) is 0 Å². The van der Waals surface area contributed by atoms with Crippen LogP contribution in [-0.4, -0.2) is 18.6 Å². The molecule has 0 aliphatic heterocycles. The Morgan fingerprint density at radius 2 is 2.12 bits per heavy atom. The van der Waals surface area contributed by atoms with E-state index in [-0.39, 0.29) is 0 Å². The molecule has 1 aliphatic carbocycles. The molecule has 1 heterocycles. The molecule has 1 aromatic rings. The molecule has 0 radical (unpaired) electrons. The molecule has 90 valence electrons. The molecule has 2 nitrogen and oxygen atoms in total. The van der Waals surface area contributed by atoms with Crippen molar-refractivity contribution in [2.24, 2.45) is 0 Å². The summed E-state index contributed by atoms with van der Waals surface area (Å²) in [4.78, 5) is 4.80. The molecule has 2 rings (SSSR count). The number of aromatic nitrogens is 1. The maximum atomic E-state index is 4.80. The predicted octanol–water partition coefficient (Wildman–Crippen LogP) is 3.72. The second-order valence-electron chi connectivity index (χ2n) is 4.46. The van der Waals surface area contributed by atoms with Crippen molar-refractivity contribution in [2.75, 3.05) is 13.6 Å². The zero-order valence-electron chi connectivity index (χ0n) is 9.76. The monoisotopic (exact) mass is 302 g/mol. The molecule has 0 unspecified atom stereocenters. The maximum absolute atomic E-state index is 4.80. The minimum absolute atomic E-state index is 0.735. The molecule has 0 saturated heterocycles. The Labute approximate surface area is 110 Å². The van der Waals surface area contributed by atoms with Gasteiger partial charge in [-0.2, -0.15) is 0 Å². The standard InChI is InChI=1S/C12H19BrN2S/c1-14-8-7-10-11(13)16-12(15-10)9-5-3-2-4-6-9/h9,14H,2-8H2,1H3. The molecular formula is C12H19BrN2S. The molecule has 1 fully saturated rings. The van der Waals surface area contributed by atoms with Crippen LogP contribution in [0.1, 0.15) is 48.7 Å². The predicted molar refractivity (Wildman–Crippen MR) is 73.3 cm³/mol. The van der Waals surface area contributed by atoms with E-state index in [0.29, 0.717) is 0 Å². The number of nitrogens with one attached hydrogen (secondary N) is 1. The van der Waals surface area contributed by atoms with Crippen molar-refractivity contribution in [1.29, 1.82) is 0 Å². The zero-order valence-corrected chi connectivity index (χ0v) is 12.2. The Kier molecular flexibility index (Phi) is 4.79. The third-order valence-corrected chi connectivity index (χ3v) is 5.22. The van der Waals surface area contributed by atoms with Crippen LogP contribution in [0.5, 0.6) is 0 Å². The minimum Gasteiger partial charge on any atom is -0.319 e. The van der Waals surface area contributed by atoms with E-state index in [1.54, 1.807) is 0 Å². The smallest absolute Gasteiger partial charge is 0.0971 e. The Hall–Kier alpha value is 0.0700. The number of nitrogens with zero attached hydrogens (tertiary/aromatic N) is 1. The van der Waals surface area contributed by atoms with Crippen molar-refractivity contribution in [3.8, 4) is 0 Å². The molecule has 0 bridgehead atoms. The van der Waals surface area contributed by atoms with Gasteiger partial charge in [0.25, 0.3) is 0 Å². The van der Waals surface area contributed by atoms with Crippen LogP contribution in [0, 0.1) is 0 Å². The largest absolute Gasteiger partial charge is 0.319 e. The summed E-state index contributed by atoms with van der Waals surface area (Å²) in [5.41, 5.74) is 1.24. The Morgan fingerprint density at radius 1 is 1.38 bits per heavy atom. The minimum atomic E-state index is 0.735. The van der Waals surface area contributed by atoms with Gasteiger partial charge in [0.15, 0.2) is 0 Å². The number of hydrogen-bond acceptors (Lipinski definition) is 3. The van der Waals surface area contributed by atoms with Gasteiger partial charge in [0.05, 0.1) is 14.5 Å². The fourth-order valence-electron chi connectivity index (χ4n) is 2.27. The van der Waals surface area contributed by atoms with Crippen LogP contribution in [0.25, 0.3) is 0 Å². The second-order valence-corrected chi connectivity index (χ2v) is 6.81. The molecule has 1 saturated carbocycles. The lowest BCUT2D eigenvalue weighted by molar-refractivity contribution is 0.442. The summed E-state index contributed by atoms with van der Waals surface area (Å²) in [5.74, 6) is 0.735. The Bertz CT molecular complexity index is 332. The summed E-state index contributed by atoms with van der Waals surface area (Å²) in [5, 5.41) is 4.53. The lowest BCUT2D eigenvalue weighted by Gasteiger charge is -2.18. The van der Waals surface area contributed by atoms with E-state index < -0.39 is 0 Å². The van der Waals surface area contributed by atoms with E-state index in [0.717, 1.165) is 18.9 Å². The molecular weight excluding hydrogens is 284 g/mol. The summed E-state index contributed by atoms with van der Waals surface area (Å²) < 4.78 is 1.24. The lowest BCUT2D eigenvalue weighted by Crippen LogP contribution is -2.11. The summed E-state index contributed by atoms with van der Waals surface area (Å²) in [6.07, 6.45) is 7.88. The number of thiazole rings is 1. The first kappa shape index (κ1) is 12.5. The van der Waals surface area contributed by atoms with Crippen molar-refractivity contribution in [1.82, 2.24) is 10.3 Å². The first-order valence-corrected chi connectivity index (χ1v) is 7.72. The zero-order chi connectivity index (χ0) is 11.4. The first-order valence-electron chi connectivity index (χ1n) is 6.11. The molecule has 16 heavy (non-hydrogen) atoms. The highest BCUT2D eigenvalue weighted by Crippen LogP contribution is 2.37. The van der Waals surface area contributed by atoms with Crippen LogP contribution in [0.4, 0.5) is 0 Å². The van der Waals surface area contributed by atoms with E-state index >= 15 is 0 Å². The van der Waals surface area contributed by atoms with Crippen molar-refractivity contribution >= 4 is 27.3 Å². The quantitative estimate of drug-likeness (QED) is 0.917. The molecule has 0 spiro atoms. The van der Waals surface area contributed by atoms with Crippen molar-refractivity contribution < 1.29 is 0 Å². The van der Waals surface area contributed by atoms with E-state index in [4.69, 9.17) is 4.98 Å². The topological polar surface area (TPSA) is 24.9 Å².